The van der Waals surface area contributed by atoms with E-state index in [1.165, 1.54) is 13.2 Å². The van der Waals surface area contributed by atoms with Crippen molar-refractivity contribution in [3.63, 3.8) is 0 Å². The smallest absolute Gasteiger partial charge is 0.336 e. The van der Waals surface area contributed by atoms with Gasteiger partial charge in [-0.05, 0) is 12.1 Å². The standard InChI is InChI=1S/C13H15ClN2O5/c1-20-13(17)12-8-15(4-5-21-12)7-9-2-3-10(14)6-11(9)16(18)19/h2-3,6,12H,4-5,7-8H2,1H3. The van der Waals surface area contributed by atoms with E-state index in [1.807, 2.05) is 4.90 Å². The Bertz CT molecular complexity index is 551. The summed E-state index contributed by atoms with van der Waals surface area (Å²) in [5.41, 5.74) is 0.526. The number of benzene rings is 1. The molecule has 1 atom stereocenters. The van der Waals surface area contributed by atoms with Crippen LogP contribution in [0.15, 0.2) is 18.2 Å². The van der Waals surface area contributed by atoms with E-state index in [-0.39, 0.29) is 5.69 Å². The average molecular weight is 315 g/mol. The number of nitrogens with zero attached hydrogens (tertiary/aromatic N) is 2. The number of nitro groups is 1. The second kappa shape index (κ2) is 6.84. The van der Waals surface area contributed by atoms with Gasteiger partial charge >= 0.3 is 5.97 Å². The molecule has 1 fully saturated rings. The second-order valence-electron chi connectivity index (χ2n) is 4.65. The van der Waals surface area contributed by atoms with Gasteiger partial charge in [-0.2, -0.15) is 0 Å². The summed E-state index contributed by atoms with van der Waals surface area (Å²) in [6.45, 7) is 1.66. The van der Waals surface area contributed by atoms with Crippen LogP contribution in [0.3, 0.4) is 0 Å². The lowest BCUT2D eigenvalue weighted by Crippen LogP contribution is -2.46. The Morgan fingerprint density at radius 3 is 3.05 bits per heavy atom. The number of nitro benzene ring substituents is 1. The van der Waals surface area contributed by atoms with Gasteiger partial charge in [0.2, 0.25) is 0 Å². The van der Waals surface area contributed by atoms with Gasteiger partial charge in [-0.25, -0.2) is 4.79 Å². The third kappa shape index (κ3) is 3.90. The predicted octanol–water partition coefficient (Wildman–Crippen LogP) is 1.62. The van der Waals surface area contributed by atoms with Gasteiger partial charge in [-0.1, -0.05) is 11.6 Å². The molecule has 1 aromatic carbocycles. The van der Waals surface area contributed by atoms with Crippen molar-refractivity contribution in [3.05, 3.63) is 38.9 Å². The van der Waals surface area contributed by atoms with Crippen LogP contribution in [-0.4, -0.2) is 48.7 Å². The summed E-state index contributed by atoms with van der Waals surface area (Å²) in [4.78, 5) is 24.0. The summed E-state index contributed by atoms with van der Waals surface area (Å²) in [7, 11) is 1.30. The molecule has 114 valence electrons. The van der Waals surface area contributed by atoms with Crippen LogP contribution in [0.25, 0.3) is 0 Å². The monoisotopic (exact) mass is 314 g/mol. The molecule has 1 heterocycles. The Hall–Kier alpha value is -1.70. The Labute approximate surface area is 126 Å². The van der Waals surface area contributed by atoms with Crippen LogP contribution in [0.2, 0.25) is 5.02 Å². The molecule has 8 heteroatoms. The van der Waals surface area contributed by atoms with Gasteiger partial charge in [-0.15, -0.1) is 0 Å². The molecule has 0 aromatic heterocycles. The summed E-state index contributed by atoms with van der Waals surface area (Å²) < 4.78 is 9.97. The fraction of sp³-hybridized carbons (Fsp3) is 0.462. The minimum absolute atomic E-state index is 0.0244. The molecule has 7 nitrogen and oxygen atoms in total. The molecule has 0 amide bonds. The Kier molecular flexibility index (Phi) is 5.11. The molecule has 1 aliphatic rings. The fourth-order valence-corrected chi connectivity index (χ4v) is 2.37. The first-order chi connectivity index (χ1) is 10.0. The molecule has 0 spiro atoms. The van der Waals surface area contributed by atoms with Crippen molar-refractivity contribution in [1.82, 2.24) is 4.90 Å². The normalized spacial score (nSPS) is 19.2. The lowest BCUT2D eigenvalue weighted by Gasteiger charge is -2.31. The Morgan fingerprint density at radius 2 is 2.38 bits per heavy atom. The van der Waals surface area contributed by atoms with E-state index in [1.54, 1.807) is 12.1 Å². The van der Waals surface area contributed by atoms with Gasteiger partial charge in [-0.3, -0.25) is 15.0 Å². The highest BCUT2D eigenvalue weighted by Gasteiger charge is 2.28. The minimum Gasteiger partial charge on any atom is -0.467 e. The van der Waals surface area contributed by atoms with E-state index in [0.717, 1.165) is 0 Å². The van der Waals surface area contributed by atoms with Crippen molar-refractivity contribution in [3.8, 4) is 0 Å². The van der Waals surface area contributed by atoms with Gasteiger partial charge in [0.05, 0.1) is 18.6 Å². The summed E-state index contributed by atoms with van der Waals surface area (Å²) in [5, 5.41) is 11.4. The second-order valence-corrected chi connectivity index (χ2v) is 5.08. The van der Waals surface area contributed by atoms with Crippen LogP contribution in [0.1, 0.15) is 5.56 Å². The Balaban J connectivity index is 2.11. The first-order valence-corrected chi connectivity index (χ1v) is 6.73. The van der Waals surface area contributed by atoms with E-state index < -0.39 is 17.0 Å². The first kappa shape index (κ1) is 15.7. The molecule has 1 saturated heterocycles. The molecule has 1 aliphatic heterocycles. The fourth-order valence-electron chi connectivity index (χ4n) is 2.20. The van der Waals surface area contributed by atoms with Crippen LogP contribution in [0, 0.1) is 10.1 Å². The van der Waals surface area contributed by atoms with E-state index in [9.17, 15) is 14.9 Å². The molecule has 0 aliphatic carbocycles. The average Bonchev–Trinajstić information content (AvgIpc) is 2.48. The minimum atomic E-state index is -0.657. The topological polar surface area (TPSA) is 81.9 Å². The molecule has 0 bridgehead atoms. The molecule has 1 unspecified atom stereocenters. The van der Waals surface area contributed by atoms with Crippen LogP contribution in [-0.2, 0) is 20.8 Å². The van der Waals surface area contributed by atoms with Crippen molar-refractivity contribution in [2.45, 2.75) is 12.6 Å². The molecule has 0 N–H and O–H groups in total. The number of ether oxygens (including phenoxy) is 2. The number of hydrogen-bond donors (Lipinski definition) is 0. The molecular weight excluding hydrogens is 300 g/mol. The molecular formula is C13H15ClN2O5. The quantitative estimate of drug-likeness (QED) is 0.477. The van der Waals surface area contributed by atoms with Crippen molar-refractivity contribution in [2.24, 2.45) is 0 Å². The number of hydrogen-bond acceptors (Lipinski definition) is 6. The van der Waals surface area contributed by atoms with Crippen LogP contribution < -0.4 is 0 Å². The number of morpholine rings is 1. The largest absolute Gasteiger partial charge is 0.467 e. The number of rotatable bonds is 4. The third-order valence-corrected chi connectivity index (χ3v) is 3.49. The highest BCUT2D eigenvalue weighted by molar-refractivity contribution is 6.30. The zero-order valence-electron chi connectivity index (χ0n) is 11.5. The van der Waals surface area contributed by atoms with Gasteiger partial charge in [0.1, 0.15) is 0 Å². The molecule has 0 saturated carbocycles. The van der Waals surface area contributed by atoms with Gasteiger partial charge in [0.15, 0.2) is 6.10 Å². The van der Waals surface area contributed by atoms with E-state index in [0.29, 0.717) is 36.8 Å². The van der Waals surface area contributed by atoms with Crippen LogP contribution in [0.4, 0.5) is 5.69 Å². The summed E-state index contributed by atoms with van der Waals surface area (Å²) in [6, 6.07) is 4.57. The van der Waals surface area contributed by atoms with E-state index in [4.69, 9.17) is 16.3 Å². The van der Waals surface area contributed by atoms with E-state index >= 15 is 0 Å². The van der Waals surface area contributed by atoms with Crippen molar-refractivity contribution < 1.29 is 19.2 Å². The highest BCUT2D eigenvalue weighted by atomic mass is 35.5. The molecule has 21 heavy (non-hydrogen) atoms. The summed E-state index contributed by atoms with van der Waals surface area (Å²) in [6.07, 6.45) is -0.657. The van der Waals surface area contributed by atoms with E-state index in [2.05, 4.69) is 4.74 Å². The lowest BCUT2D eigenvalue weighted by molar-refractivity contribution is -0.385. The maximum absolute atomic E-state index is 11.5. The third-order valence-electron chi connectivity index (χ3n) is 3.25. The summed E-state index contributed by atoms with van der Waals surface area (Å²) >= 11 is 5.79. The SMILES string of the molecule is COC(=O)C1CN(Cc2ccc(Cl)cc2[N+](=O)[O-])CCO1. The van der Waals surface area contributed by atoms with Crippen molar-refractivity contribution in [2.75, 3.05) is 26.8 Å². The zero-order chi connectivity index (χ0) is 15.4. The lowest BCUT2D eigenvalue weighted by atomic mass is 10.1. The number of carbonyl (C=O) groups excluding carboxylic acids is 1. The first-order valence-electron chi connectivity index (χ1n) is 6.36. The maximum atomic E-state index is 11.5. The maximum Gasteiger partial charge on any atom is 0.336 e. The predicted molar refractivity (Wildman–Crippen MR) is 75.1 cm³/mol. The van der Waals surface area contributed by atoms with Crippen molar-refractivity contribution in [1.29, 1.82) is 0 Å². The number of esters is 1. The van der Waals surface area contributed by atoms with Crippen LogP contribution in [0.5, 0.6) is 0 Å². The van der Waals surface area contributed by atoms with Crippen molar-refractivity contribution >= 4 is 23.3 Å². The molecule has 1 aromatic rings. The van der Waals surface area contributed by atoms with Gasteiger partial charge in [0.25, 0.3) is 5.69 Å². The number of carbonyl (C=O) groups is 1. The Morgan fingerprint density at radius 1 is 1.62 bits per heavy atom. The van der Waals surface area contributed by atoms with Crippen LogP contribution >= 0.6 is 11.6 Å². The highest BCUT2D eigenvalue weighted by Crippen LogP contribution is 2.25. The zero-order valence-corrected chi connectivity index (χ0v) is 12.2. The molecule has 0 radical (unpaired) electrons. The molecule has 2 rings (SSSR count). The van der Waals surface area contributed by atoms with Gasteiger partial charge < -0.3 is 9.47 Å². The number of methoxy groups -OCH3 is 1. The van der Waals surface area contributed by atoms with Gasteiger partial charge in [0, 0.05) is 36.3 Å². The summed E-state index contributed by atoms with van der Waals surface area (Å²) in [5.74, 6) is -0.440. The number of halogens is 1.